The SMILES string of the molecule is Nn1[nH]c(Cl)c[s+](-c2ccc(Cl)cc2)[nH]1. The van der Waals surface area contributed by atoms with Crippen LogP contribution < -0.4 is 5.84 Å². The van der Waals surface area contributed by atoms with Crippen LogP contribution in [0.3, 0.4) is 0 Å². The van der Waals surface area contributed by atoms with E-state index in [0.29, 0.717) is 10.2 Å². The van der Waals surface area contributed by atoms with Crippen molar-refractivity contribution < 1.29 is 0 Å². The summed E-state index contributed by atoms with van der Waals surface area (Å²) < 4.78 is 3.01. The van der Waals surface area contributed by atoms with Crippen molar-refractivity contribution in [3.63, 3.8) is 0 Å². The lowest BCUT2D eigenvalue weighted by Crippen LogP contribution is -2.16. The molecule has 1 atom stereocenters. The van der Waals surface area contributed by atoms with E-state index in [1.165, 1.54) is 4.91 Å². The molecule has 1 aromatic heterocycles. The van der Waals surface area contributed by atoms with Crippen molar-refractivity contribution in [1.82, 2.24) is 14.5 Å². The predicted octanol–water partition coefficient (Wildman–Crippen LogP) is 3.03. The monoisotopic (exact) mass is 263 g/mol. The van der Waals surface area contributed by atoms with Crippen molar-refractivity contribution >= 4 is 33.9 Å². The van der Waals surface area contributed by atoms with Crippen LogP contribution in [0.5, 0.6) is 0 Å². The molecule has 0 aliphatic heterocycles. The van der Waals surface area contributed by atoms with Gasteiger partial charge in [-0.3, -0.25) is 0 Å². The van der Waals surface area contributed by atoms with Crippen molar-refractivity contribution in [1.29, 1.82) is 0 Å². The van der Waals surface area contributed by atoms with E-state index in [0.717, 1.165) is 4.90 Å². The van der Waals surface area contributed by atoms with Gasteiger partial charge in [-0.2, -0.15) is 0 Å². The second-order valence-corrected chi connectivity index (χ2v) is 5.24. The first-order valence-corrected chi connectivity index (χ1v) is 6.13. The zero-order chi connectivity index (χ0) is 10.8. The minimum atomic E-state index is -0.341. The number of benzene rings is 1. The van der Waals surface area contributed by atoms with Crippen LogP contribution >= 0.6 is 33.9 Å². The third-order valence-corrected chi connectivity index (χ3v) is 3.93. The van der Waals surface area contributed by atoms with Crippen molar-refractivity contribution in [2.75, 3.05) is 5.84 Å². The first-order chi connectivity index (χ1) is 7.15. The van der Waals surface area contributed by atoms with Crippen LogP contribution in [0, 0.1) is 0 Å². The lowest BCUT2D eigenvalue weighted by atomic mass is 10.4. The summed E-state index contributed by atoms with van der Waals surface area (Å²) in [6.45, 7) is 0. The molecule has 2 aromatic rings. The van der Waals surface area contributed by atoms with E-state index in [9.17, 15) is 0 Å². The van der Waals surface area contributed by atoms with Gasteiger partial charge in [-0.15, -0.1) is 0 Å². The molecule has 0 saturated heterocycles. The first kappa shape index (κ1) is 10.5. The molecular weight excluding hydrogens is 255 g/mol. The van der Waals surface area contributed by atoms with Crippen LogP contribution in [0.4, 0.5) is 0 Å². The maximum absolute atomic E-state index is 5.86. The number of hydrogen-bond donors (Lipinski definition) is 3. The molecule has 0 bridgehead atoms. The van der Waals surface area contributed by atoms with Crippen LogP contribution in [0.2, 0.25) is 10.2 Å². The number of nitrogens with zero attached hydrogens (tertiary/aromatic N) is 1. The van der Waals surface area contributed by atoms with Gasteiger partial charge in [0.15, 0.2) is 5.15 Å². The topological polar surface area (TPSA) is 62.5 Å². The second kappa shape index (κ2) is 4.22. The van der Waals surface area contributed by atoms with Gasteiger partial charge >= 0.3 is 0 Å². The molecule has 80 valence electrons. The third kappa shape index (κ3) is 2.50. The minimum absolute atomic E-state index is 0.341. The lowest BCUT2D eigenvalue weighted by molar-refractivity contribution is 0.698. The van der Waals surface area contributed by atoms with Crippen LogP contribution in [-0.4, -0.2) is 14.5 Å². The van der Waals surface area contributed by atoms with Crippen molar-refractivity contribution in [2.45, 2.75) is 0 Å². The molecule has 15 heavy (non-hydrogen) atoms. The highest BCUT2D eigenvalue weighted by molar-refractivity contribution is 7.33. The largest absolute Gasteiger partial charge is 0.306 e. The average Bonchev–Trinajstić information content (AvgIpc) is 2.17. The molecule has 1 unspecified atom stereocenters. The number of H-pyrrole nitrogens is 2. The summed E-state index contributed by atoms with van der Waals surface area (Å²) in [6, 6.07) is 7.52. The Labute approximate surface area is 99.0 Å². The maximum atomic E-state index is 5.86. The van der Waals surface area contributed by atoms with Gasteiger partial charge in [-0.25, -0.2) is 5.10 Å². The number of aromatic amines is 2. The fourth-order valence-corrected chi connectivity index (χ4v) is 2.83. The van der Waals surface area contributed by atoms with Gasteiger partial charge in [0, 0.05) is 17.2 Å². The fraction of sp³-hybridized carbons (Fsp3) is 0. The smallest absolute Gasteiger partial charge is 0.204 e. The molecule has 1 aromatic carbocycles. The van der Waals surface area contributed by atoms with Gasteiger partial charge in [0.25, 0.3) is 0 Å². The molecular formula is C8H9Cl2N4S+. The van der Waals surface area contributed by atoms with E-state index in [-0.39, 0.29) is 10.7 Å². The van der Waals surface area contributed by atoms with Crippen LogP contribution in [0.1, 0.15) is 0 Å². The third-order valence-electron chi connectivity index (χ3n) is 1.71. The van der Waals surface area contributed by atoms with Crippen molar-refractivity contribution in [3.05, 3.63) is 39.8 Å². The Hall–Kier alpha value is -1.04. The van der Waals surface area contributed by atoms with Crippen LogP contribution in [0.15, 0.2) is 29.6 Å². The molecule has 7 heteroatoms. The lowest BCUT2D eigenvalue weighted by Gasteiger charge is -1.99. The van der Waals surface area contributed by atoms with Gasteiger partial charge in [0.2, 0.25) is 10.3 Å². The summed E-state index contributed by atoms with van der Waals surface area (Å²) in [5.41, 5.74) is 0. The Bertz CT molecular complexity index is 468. The molecule has 4 nitrogen and oxygen atoms in total. The van der Waals surface area contributed by atoms with Gasteiger partial charge in [-0.05, 0) is 12.1 Å². The average molecular weight is 264 g/mol. The number of halogens is 2. The molecule has 4 N–H and O–H groups in total. The molecule has 0 aliphatic rings. The normalized spacial score (nSPS) is 11.5. The minimum Gasteiger partial charge on any atom is -0.306 e. The summed E-state index contributed by atoms with van der Waals surface area (Å²) in [5, 5.41) is 5.75. The zero-order valence-electron chi connectivity index (χ0n) is 7.58. The Kier molecular flexibility index (Phi) is 2.95. The Morgan fingerprint density at radius 1 is 1.20 bits per heavy atom. The van der Waals surface area contributed by atoms with Gasteiger partial charge in [0.05, 0.1) is 0 Å². The molecule has 0 fully saturated rings. The van der Waals surface area contributed by atoms with Crippen LogP contribution in [-0.2, 0) is 0 Å². The molecule has 0 aliphatic carbocycles. The first-order valence-electron chi connectivity index (χ1n) is 4.09. The van der Waals surface area contributed by atoms with E-state index >= 15 is 0 Å². The maximum Gasteiger partial charge on any atom is 0.204 e. The summed E-state index contributed by atoms with van der Waals surface area (Å²) in [6.07, 6.45) is 0. The van der Waals surface area contributed by atoms with E-state index in [1.807, 2.05) is 29.6 Å². The van der Waals surface area contributed by atoms with E-state index in [4.69, 9.17) is 29.0 Å². The van der Waals surface area contributed by atoms with Gasteiger partial charge < -0.3 is 5.84 Å². The second-order valence-electron chi connectivity index (χ2n) is 2.83. The summed E-state index contributed by atoms with van der Waals surface area (Å²) >= 11 is 11.7. The number of aromatic nitrogens is 3. The Morgan fingerprint density at radius 2 is 1.87 bits per heavy atom. The number of nitrogens with two attached hydrogens (primary N) is 1. The Balaban J connectivity index is 2.49. The van der Waals surface area contributed by atoms with Crippen LogP contribution in [0.25, 0.3) is 4.90 Å². The van der Waals surface area contributed by atoms with Crippen molar-refractivity contribution in [2.24, 2.45) is 0 Å². The highest BCUT2D eigenvalue weighted by atomic mass is 35.5. The van der Waals surface area contributed by atoms with Gasteiger partial charge in [0.1, 0.15) is 10.7 Å². The highest BCUT2D eigenvalue weighted by Crippen LogP contribution is 2.28. The summed E-state index contributed by atoms with van der Waals surface area (Å²) in [5.74, 6) is 5.55. The molecule has 0 radical (unpaired) electrons. The summed E-state index contributed by atoms with van der Waals surface area (Å²) in [7, 11) is -0.341. The molecule has 2 rings (SSSR count). The number of hydrogen-bond acceptors (Lipinski definition) is 1. The Morgan fingerprint density at radius 3 is 2.47 bits per heavy atom. The quantitative estimate of drug-likeness (QED) is 0.538. The fourth-order valence-electron chi connectivity index (χ4n) is 1.10. The molecule has 0 spiro atoms. The molecule has 0 saturated carbocycles. The summed E-state index contributed by atoms with van der Waals surface area (Å²) in [4.78, 5) is 2.30. The predicted molar refractivity (Wildman–Crippen MR) is 64.7 cm³/mol. The standard InChI is InChI=1S/C8H9Cl2N4S/c9-6-1-3-7(4-2-6)15-5-8(10)12-14(11)13-15/h1-5,12-13H,11H2/q+1. The van der Waals surface area contributed by atoms with E-state index in [1.54, 1.807) is 0 Å². The van der Waals surface area contributed by atoms with E-state index in [2.05, 4.69) is 9.59 Å². The van der Waals surface area contributed by atoms with Crippen molar-refractivity contribution in [3.8, 4) is 4.90 Å². The number of nitrogen functional groups attached to an aromatic ring is 1. The number of nitrogens with one attached hydrogen (secondary N) is 2. The van der Waals surface area contributed by atoms with E-state index < -0.39 is 0 Å². The highest BCUT2D eigenvalue weighted by Gasteiger charge is 2.09. The molecule has 0 amide bonds. The zero-order valence-corrected chi connectivity index (χ0v) is 9.90. The van der Waals surface area contributed by atoms with Gasteiger partial charge in [-0.1, -0.05) is 32.6 Å². The number of rotatable bonds is 1. The molecule has 1 heterocycles.